The van der Waals surface area contributed by atoms with Crippen molar-refractivity contribution >= 4 is 23.3 Å². The predicted molar refractivity (Wildman–Crippen MR) is 67.2 cm³/mol. The molecule has 0 aliphatic heterocycles. The minimum Gasteiger partial charge on any atom is -0.330 e. The van der Waals surface area contributed by atoms with Gasteiger partial charge in [-0.2, -0.15) is 5.10 Å². The van der Waals surface area contributed by atoms with Crippen molar-refractivity contribution in [1.82, 2.24) is 24.3 Å². The first-order valence-corrected chi connectivity index (χ1v) is 5.77. The third-order valence-corrected chi connectivity index (χ3v) is 3.01. The highest BCUT2D eigenvalue weighted by atomic mass is 32.1. The van der Waals surface area contributed by atoms with Crippen LogP contribution in [0.15, 0.2) is 24.5 Å². The minimum atomic E-state index is -0.290. The van der Waals surface area contributed by atoms with Gasteiger partial charge in [-0.05, 0) is 30.4 Å². The van der Waals surface area contributed by atoms with Crippen molar-refractivity contribution in [2.45, 2.75) is 6.54 Å². The van der Waals surface area contributed by atoms with Gasteiger partial charge in [-0.3, -0.25) is 4.68 Å². The molecule has 0 amide bonds. The Kier molecular flexibility index (Phi) is 2.48. The molecule has 2 aromatic heterocycles. The van der Waals surface area contributed by atoms with Gasteiger partial charge in [0.2, 0.25) is 0 Å². The molecule has 0 saturated heterocycles. The molecule has 0 unspecified atom stereocenters. The average molecular weight is 263 g/mol. The van der Waals surface area contributed by atoms with Gasteiger partial charge >= 0.3 is 0 Å². The number of nitrogens with one attached hydrogen (secondary N) is 1. The van der Waals surface area contributed by atoms with E-state index in [-0.39, 0.29) is 5.82 Å². The zero-order chi connectivity index (χ0) is 12.7. The Morgan fingerprint density at radius 1 is 1.44 bits per heavy atom. The molecule has 0 aliphatic carbocycles. The normalized spacial score (nSPS) is 11.2. The summed E-state index contributed by atoms with van der Waals surface area (Å²) in [5.74, 6) is 0.376. The Morgan fingerprint density at radius 3 is 3.00 bits per heavy atom. The second kappa shape index (κ2) is 4.02. The number of aromatic nitrogens is 5. The summed E-state index contributed by atoms with van der Waals surface area (Å²) in [6.07, 6.45) is 1.63. The van der Waals surface area contributed by atoms with E-state index < -0.39 is 0 Å². The van der Waals surface area contributed by atoms with Crippen molar-refractivity contribution in [1.29, 1.82) is 0 Å². The third-order valence-electron chi connectivity index (χ3n) is 2.68. The van der Waals surface area contributed by atoms with Crippen LogP contribution in [0.3, 0.4) is 0 Å². The van der Waals surface area contributed by atoms with Crippen LogP contribution in [0.5, 0.6) is 0 Å². The smallest absolute Gasteiger partial charge is 0.178 e. The highest BCUT2D eigenvalue weighted by Crippen LogP contribution is 2.16. The lowest BCUT2D eigenvalue weighted by atomic mass is 10.3. The molecular formula is C11H10FN5S. The first-order valence-electron chi connectivity index (χ1n) is 5.36. The van der Waals surface area contributed by atoms with E-state index in [0.717, 1.165) is 5.52 Å². The van der Waals surface area contributed by atoms with E-state index in [2.05, 4.69) is 15.1 Å². The first-order chi connectivity index (χ1) is 8.63. The number of hydrogen-bond donors (Lipinski definition) is 1. The summed E-state index contributed by atoms with van der Waals surface area (Å²) in [5, 5.41) is 4.20. The number of imidazole rings is 1. The van der Waals surface area contributed by atoms with Gasteiger partial charge in [0.25, 0.3) is 0 Å². The van der Waals surface area contributed by atoms with Crippen molar-refractivity contribution < 1.29 is 4.39 Å². The summed E-state index contributed by atoms with van der Waals surface area (Å²) in [6.45, 7) is 0.464. The van der Waals surface area contributed by atoms with Gasteiger partial charge in [0.05, 0.1) is 17.6 Å². The van der Waals surface area contributed by atoms with Crippen LogP contribution >= 0.6 is 12.2 Å². The molecule has 1 N–H and O–H groups in total. The molecule has 0 fully saturated rings. The predicted octanol–water partition coefficient (Wildman–Crippen LogP) is 2.01. The molecule has 3 rings (SSSR count). The summed E-state index contributed by atoms with van der Waals surface area (Å²) in [6, 6.07) is 4.53. The van der Waals surface area contributed by atoms with Gasteiger partial charge in [0, 0.05) is 7.05 Å². The largest absolute Gasteiger partial charge is 0.330 e. The second-order valence-corrected chi connectivity index (χ2v) is 4.40. The lowest BCUT2D eigenvalue weighted by Crippen LogP contribution is -2.02. The Labute approximate surface area is 107 Å². The Bertz CT molecular complexity index is 769. The molecule has 0 bridgehead atoms. The number of fused-ring (bicyclic) bond motifs is 1. The minimum absolute atomic E-state index is 0.290. The van der Waals surface area contributed by atoms with Crippen LogP contribution in [-0.4, -0.2) is 24.3 Å². The molecule has 0 spiro atoms. The van der Waals surface area contributed by atoms with Crippen LogP contribution in [0.2, 0.25) is 0 Å². The van der Waals surface area contributed by atoms with Crippen LogP contribution in [0, 0.1) is 10.6 Å². The topological polar surface area (TPSA) is 51.4 Å². The number of rotatable bonds is 2. The van der Waals surface area contributed by atoms with Gasteiger partial charge in [0.1, 0.15) is 12.1 Å². The van der Waals surface area contributed by atoms with Crippen LogP contribution in [0.4, 0.5) is 4.39 Å². The zero-order valence-electron chi connectivity index (χ0n) is 9.59. The molecule has 1 aromatic carbocycles. The molecule has 92 valence electrons. The van der Waals surface area contributed by atoms with E-state index in [1.165, 1.54) is 12.1 Å². The number of aromatic amines is 1. The van der Waals surface area contributed by atoms with E-state index in [9.17, 15) is 4.39 Å². The van der Waals surface area contributed by atoms with Crippen molar-refractivity contribution in [3.05, 3.63) is 40.9 Å². The van der Waals surface area contributed by atoms with Gasteiger partial charge in [-0.1, -0.05) is 0 Å². The maximum absolute atomic E-state index is 13.1. The molecule has 0 aliphatic rings. The van der Waals surface area contributed by atoms with Crippen LogP contribution in [0.25, 0.3) is 11.0 Å². The number of H-pyrrole nitrogens is 1. The molecule has 0 radical (unpaired) electrons. The lowest BCUT2D eigenvalue weighted by molar-refractivity contribution is 0.629. The summed E-state index contributed by atoms with van der Waals surface area (Å²) in [7, 11) is 1.81. The molecule has 7 heteroatoms. The highest BCUT2D eigenvalue weighted by Gasteiger charge is 2.08. The Hall–Kier alpha value is -2.02. The molecule has 18 heavy (non-hydrogen) atoms. The van der Waals surface area contributed by atoms with Crippen LogP contribution in [-0.2, 0) is 13.6 Å². The van der Waals surface area contributed by atoms with E-state index in [4.69, 9.17) is 12.2 Å². The molecule has 0 saturated carbocycles. The van der Waals surface area contributed by atoms with E-state index in [0.29, 0.717) is 22.7 Å². The fourth-order valence-electron chi connectivity index (χ4n) is 1.89. The standard InChI is InChI=1S/C11H10FN5S/c1-16-6-13-10(15-16)5-17-9-3-2-7(12)4-8(9)14-11(17)18/h2-4,6H,5H2,1H3,(H,14,18). The fraction of sp³-hybridized carbons (Fsp3) is 0.182. The molecule has 2 heterocycles. The SMILES string of the molecule is Cn1cnc(Cn2c(=S)[nH]c3cc(F)ccc32)n1. The fourth-order valence-corrected chi connectivity index (χ4v) is 2.16. The van der Waals surface area contributed by atoms with Crippen LogP contribution < -0.4 is 0 Å². The van der Waals surface area contributed by atoms with Gasteiger partial charge in [0.15, 0.2) is 10.6 Å². The monoisotopic (exact) mass is 263 g/mol. The number of benzene rings is 1. The van der Waals surface area contributed by atoms with Crippen molar-refractivity contribution in [2.24, 2.45) is 7.05 Å². The summed E-state index contributed by atoms with van der Waals surface area (Å²) in [4.78, 5) is 7.12. The molecular weight excluding hydrogens is 253 g/mol. The molecule has 5 nitrogen and oxygen atoms in total. The van der Waals surface area contributed by atoms with E-state index >= 15 is 0 Å². The van der Waals surface area contributed by atoms with E-state index in [1.807, 2.05) is 4.57 Å². The van der Waals surface area contributed by atoms with Gasteiger partial charge < -0.3 is 9.55 Å². The first kappa shape index (κ1) is 11.1. The third kappa shape index (κ3) is 1.82. The quantitative estimate of drug-likeness (QED) is 0.720. The molecule has 0 atom stereocenters. The van der Waals surface area contributed by atoms with Crippen LogP contribution in [0.1, 0.15) is 5.82 Å². The highest BCUT2D eigenvalue weighted by molar-refractivity contribution is 7.71. The number of hydrogen-bond acceptors (Lipinski definition) is 3. The Balaban J connectivity index is 2.11. The summed E-state index contributed by atoms with van der Waals surface area (Å²) < 4.78 is 17.1. The second-order valence-electron chi connectivity index (χ2n) is 4.01. The number of aryl methyl sites for hydroxylation is 1. The van der Waals surface area contributed by atoms with Crippen molar-refractivity contribution in [2.75, 3.05) is 0 Å². The lowest BCUT2D eigenvalue weighted by Gasteiger charge is -2.00. The summed E-state index contributed by atoms with van der Waals surface area (Å²) in [5.41, 5.74) is 1.52. The average Bonchev–Trinajstić information content (AvgIpc) is 2.84. The number of nitrogens with zero attached hydrogens (tertiary/aromatic N) is 4. The Morgan fingerprint density at radius 2 is 2.28 bits per heavy atom. The summed E-state index contributed by atoms with van der Waals surface area (Å²) >= 11 is 5.22. The van der Waals surface area contributed by atoms with Crippen molar-refractivity contribution in [3.8, 4) is 0 Å². The maximum Gasteiger partial charge on any atom is 0.178 e. The number of halogens is 1. The maximum atomic E-state index is 13.1. The van der Waals surface area contributed by atoms with E-state index in [1.54, 1.807) is 24.1 Å². The molecule has 3 aromatic rings. The van der Waals surface area contributed by atoms with Crippen molar-refractivity contribution in [3.63, 3.8) is 0 Å². The zero-order valence-corrected chi connectivity index (χ0v) is 10.4. The van der Waals surface area contributed by atoms with Gasteiger partial charge in [-0.25, -0.2) is 9.37 Å². The van der Waals surface area contributed by atoms with Gasteiger partial charge in [-0.15, -0.1) is 0 Å².